The molecule has 2 aromatic heterocycles. The molecule has 3 aromatic rings. The first-order valence-corrected chi connectivity index (χ1v) is 9.93. The summed E-state index contributed by atoms with van der Waals surface area (Å²) < 4.78 is 1.00. The Hall–Kier alpha value is -2.47. The van der Waals surface area contributed by atoms with Crippen LogP contribution in [0, 0.1) is 12.8 Å². The lowest BCUT2D eigenvalue weighted by Gasteiger charge is -2.33. The number of benzene rings is 1. The number of para-hydroxylation sites is 1. The molecular formula is C21H21BrN4O. The van der Waals surface area contributed by atoms with Gasteiger partial charge in [0.15, 0.2) is 0 Å². The van der Waals surface area contributed by atoms with Gasteiger partial charge in [0.1, 0.15) is 5.82 Å². The van der Waals surface area contributed by atoms with Gasteiger partial charge in [-0.3, -0.25) is 9.78 Å². The Kier molecular flexibility index (Phi) is 5.07. The van der Waals surface area contributed by atoms with Crippen molar-refractivity contribution in [2.45, 2.75) is 19.8 Å². The summed E-state index contributed by atoms with van der Waals surface area (Å²) in [4.78, 5) is 23.7. The van der Waals surface area contributed by atoms with Gasteiger partial charge in [0.2, 0.25) is 5.91 Å². The topological polar surface area (TPSA) is 58.1 Å². The molecule has 138 valence electrons. The summed E-state index contributed by atoms with van der Waals surface area (Å²) in [5, 5.41) is 4.08. The first-order chi connectivity index (χ1) is 13.1. The summed E-state index contributed by atoms with van der Waals surface area (Å²) in [6, 6.07) is 12.0. The summed E-state index contributed by atoms with van der Waals surface area (Å²) in [5.41, 5.74) is 3.23. The van der Waals surface area contributed by atoms with E-state index in [2.05, 4.69) is 48.2 Å². The maximum atomic E-state index is 12.6. The van der Waals surface area contributed by atoms with Crippen LogP contribution in [-0.4, -0.2) is 29.0 Å². The second-order valence-corrected chi connectivity index (χ2v) is 7.79. The quantitative estimate of drug-likeness (QED) is 0.669. The van der Waals surface area contributed by atoms with Gasteiger partial charge in [0.25, 0.3) is 0 Å². The van der Waals surface area contributed by atoms with Gasteiger partial charge in [0, 0.05) is 46.9 Å². The molecule has 0 saturated carbocycles. The number of pyridine rings is 2. The highest BCUT2D eigenvalue weighted by atomic mass is 79.9. The number of anilines is 2. The summed E-state index contributed by atoms with van der Waals surface area (Å²) >= 11 is 3.58. The van der Waals surface area contributed by atoms with E-state index in [0.717, 1.165) is 46.9 Å². The maximum Gasteiger partial charge on any atom is 0.228 e. The number of piperidine rings is 1. The summed E-state index contributed by atoms with van der Waals surface area (Å²) in [5.74, 6) is 0.704. The van der Waals surface area contributed by atoms with Crippen LogP contribution in [0.5, 0.6) is 0 Å². The Balaban J connectivity index is 1.44. The summed E-state index contributed by atoms with van der Waals surface area (Å²) in [6.07, 6.45) is 5.28. The Bertz CT molecular complexity index is 966. The zero-order valence-electron chi connectivity index (χ0n) is 15.2. The van der Waals surface area contributed by atoms with E-state index in [1.807, 2.05) is 37.4 Å². The molecule has 0 radical (unpaired) electrons. The van der Waals surface area contributed by atoms with Crippen LogP contribution in [0.1, 0.15) is 18.4 Å². The van der Waals surface area contributed by atoms with Crippen molar-refractivity contribution in [1.29, 1.82) is 0 Å². The van der Waals surface area contributed by atoms with Gasteiger partial charge in [-0.05, 0) is 59.5 Å². The molecule has 1 aliphatic rings. The monoisotopic (exact) mass is 424 g/mol. The maximum absolute atomic E-state index is 12.6. The van der Waals surface area contributed by atoms with Crippen molar-refractivity contribution in [3.8, 4) is 0 Å². The van der Waals surface area contributed by atoms with Crippen molar-refractivity contribution in [2.24, 2.45) is 5.92 Å². The van der Waals surface area contributed by atoms with Crippen LogP contribution >= 0.6 is 15.9 Å². The molecule has 1 amide bonds. The number of hydrogen-bond acceptors (Lipinski definition) is 4. The molecule has 1 N–H and O–H groups in total. The van der Waals surface area contributed by atoms with E-state index in [4.69, 9.17) is 0 Å². The number of aromatic nitrogens is 2. The molecule has 1 aromatic carbocycles. The van der Waals surface area contributed by atoms with Gasteiger partial charge in [0.05, 0.1) is 5.52 Å². The minimum absolute atomic E-state index is 0.0178. The lowest BCUT2D eigenvalue weighted by molar-refractivity contribution is -0.120. The van der Waals surface area contributed by atoms with Gasteiger partial charge in [-0.2, -0.15) is 0 Å². The number of carbonyl (C=O) groups excluding carboxylic acids is 1. The van der Waals surface area contributed by atoms with E-state index in [1.54, 1.807) is 6.20 Å². The SMILES string of the molecule is Cc1ccc(NC(=O)C2CCN(c3ccnc4c(Br)cccc34)CC2)nc1. The predicted octanol–water partition coefficient (Wildman–Crippen LogP) is 4.56. The van der Waals surface area contributed by atoms with Gasteiger partial charge < -0.3 is 10.2 Å². The van der Waals surface area contributed by atoms with E-state index >= 15 is 0 Å². The molecule has 27 heavy (non-hydrogen) atoms. The normalized spacial score (nSPS) is 15.1. The third-order valence-corrected chi connectivity index (χ3v) is 5.71. The Morgan fingerprint density at radius 3 is 2.70 bits per heavy atom. The number of nitrogens with one attached hydrogen (secondary N) is 1. The number of halogens is 1. The average Bonchev–Trinajstić information content (AvgIpc) is 2.70. The van der Waals surface area contributed by atoms with Crippen molar-refractivity contribution in [1.82, 2.24) is 9.97 Å². The average molecular weight is 425 g/mol. The van der Waals surface area contributed by atoms with Gasteiger partial charge in [-0.1, -0.05) is 18.2 Å². The zero-order valence-corrected chi connectivity index (χ0v) is 16.7. The van der Waals surface area contributed by atoms with Crippen molar-refractivity contribution in [3.63, 3.8) is 0 Å². The molecule has 6 heteroatoms. The Morgan fingerprint density at radius 1 is 1.15 bits per heavy atom. The van der Waals surface area contributed by atoms with Crippen LogP contribution < -0.4 is 10.2 Å². The van der Waals surface area contributed by atoms with Crippen LogP contribution in [0.15, 0.2) is 53.3 Å². The van der Waals surface area contributed by atoms with E-state index < -0.39 is 0 Å². The highest BCUT2D eigenvalue weighted by Gasteiger charge is 2.26. The number of amides is 1. The fraction of sp³-hybridized carbons (Fsp3) is 0.286. The summed E-state index contributed by atoms with van der Waals surface area (Å²) in [7, 11) is 0. The fourth-order valence-corrected chi connectivity index (χ4v) is 4.02. The Morgan fingerprint density at radius 2 is 1.96 bits per heavy atom. The second-order valence-electron chi connectivity index (χ2n) is 6.94. The standard InChI is InChI=1S/C21H21BrN4O/c1-14-5-6-19(24-13-14)25-21(27)15-8-11-26(12-9-15)18-7-10-23-20-16(18)3-2-4-17(20)22/h2-7,10,13,15H,8-9,11-12H2,1H3,(H,24,25,27). The molecule has 0 spiro atoms. The minimum atomic E-state index is 0.0178. The molecule has 0 unspecified atom stereocenters. The smallest absolute Gasteiger partial charge is 0.228 e. The van der Waals surface area contributed by atoms with Crippen LogP contribution in [0.4, 0.5) is 11.5 Å². The predicted molar refractivity (Wildman–Crippen MR) is 112 cm³/mol. The number of fused-ring (bicyclic) bond motifs is 1. The Labute approximate surface area is 166 Å². The lowest BCUT2D eigenvalue weighted by Crippen LogP contribution is -2.38. The van der Waals surface area contributed by atoms with Gasteiger partial charge in [-0.25, -0.2) is 4.98 Å². The molecule has 3 heterocycles. The zero-order chi connectivity index (χ0) is 18.8. The molecule has 0 bridgehead atoms. The molecule has 1 saturated heterocycles. The first kappa shape index (κ1) is 17.9. The third kappa shape index (κ3) is 3.81. The number of carbonyl (C=O) groups is 1. The molecular weight excluding hydrogens is 404 g/mol. The van der Waals surface area contributed by atoms with Gasteiger partial charge in [-0.15, -0.1) is 0 Å². The van der Waals surface area contributed by atoms with E-state index in [1.165, 1.54) is 5.69 Å². The number of aryl methyl sites for hydroxylation is 1. The van der Waals surface area contributed by atoms with Crippen LogP contribution in [0.25, 0.3) is 10.9 Å². The number of hydrogen-bond donors (Lipinski definition) is 1. The highest BCUT2D eigenvalue weighted by Crippen LogP contribution is 2.32. The van der Waals surface area contributed by atoms with Crippen LogP contribution in [-0.2, 0) is 4.79 Å². The molecule has 5 nitrogen and oxygen atoms in total. The van der Waals surface area contributed by atoms with Crippen molar-refractivity contribution < 1.29 is 4.79 Å². The van der Waals surface area contributed by atoms with Crippen molar-refractivity contribution >= 4 is 44.2 Å². The van der Waals surface area contributed by atoms with Crippen LogP contribution in [0.2, 0.25) is 0 Å². The van der Waals surface area contributed by atoms with Crippen LogP contribution in [0.3, 0.4) is 0 Å². The third-order valence-electron chi connectivity index (χ3n) is 5.07. The van der Waals surface area contributed by atoms with E-state index in [9.17, 15) is 4.79 Å². The first-order valence-electron chi connectivity index (χ1n) is 9.13. The molecule has 4 rings (SSSR count). The minimum Gasteiger partial charge on any atom is -0.371 e. The highest BCUT2D eigenvalue weighted by molar-refractivity contribution is 9.10. The fourth-order valence-electron chi connectivity index (χ4n) is 3.55. The largest absolute Gasteiger partial charge is 0.371 e. The lowest BCUT2D eigenvalue weighted by atomic mass is 9.95. The van der Waals surface area contributed by atoms with E-state index in [-0.39, 0.29) is 11.8 Å². The van der Waals surface area contributed by atoms with Crippen molar-refractivity contribution in [3.05, 3.63) is 58.8 Å². The van der Waals surface area contributed by atoms with E-state index in [0.29, 0.717) is 5.82 Å². The second kappa shape index (κ2) is 7.64. The molecule has 1 aliphatic heterocycles. The molecule has 0 aliphatic carbocycles. The number of rotatable bonds is 3. The molecule has 1 fully saturated rings. The molecule has 0 atom stereocenters. The number of nitrogens with zero attached hydrogens (tertiary/aromatic N) is 3. The van der Waals surface area contributed by atoms with Crippen molar-refractivity contribution in [2.75, 3.05) is 23.3 Å². The van der Waals surface area contributed by atoms with Gasteiger partial charge >= 0.3 is 0 Å². The summed E-state index contributed by atoms with van der Waals surface area (Å²) in [6.45, 7) is 3.69.